The number of amides is 4. The molecule has 1 unspecified atom stereocenters. The molecule has 3 N–H and O–H groups in total. The van der Waals surface area contributed by atoms with Gasteiger partial charge >= 0.3 is 6.09 Å². The van der Waals surface area contributed by atoms with Crippen molar-refractivity contribution in [2.24, 2.45) is 17.8 Å². The molecule has 0 aromatic heterocycles. The Hall–Kier alpha value is -3.17. The molecule has 2 aliphatic carbocycles. The SMILES string of the molecule is CC.COCCOCCOCCOCCOCCOCCOCCNC(=O)[C@H](CC(C)=O)NC(=O)OCC1[C@H]2CCC#CCC[C@@H]12.O=C1CCC(=O)N1.[HH]. The lowest BCUT2D eigenvalue weighted by atomic mass is 10.1. The number of Topliss-reactive ketones (excluding diaryl/α,β-unsaturated/α-hetero) is 1. The van der Waals surface area contributed by atoms with Crippen LogP contribution in [0.3, 0.4) is 0 Å². The van der Waals surface area contributed by atoms with Crippen LogP contribution < -0.4 is 16.0 Å². The minimum absolute atomic E-state index is 0. The smallest absolute Gasteiger partial charge is 0.407 e. The molecule has 16 nitrogen and oxygen atoms in total. The summed E-state index contributed by atoms with van der Waals surface area (Å²) >= 11 is 0. The van der Waals surface area contributed by atoms with Gasteiger partial charge in [0.15, 0.2) is 0 Å². The first-order valence-electron chi connectivity index (χ1n) is 18.8. The van der Waals surface area contributed by atoms with Gasteiger partial charge in [-0.15, -0.1) is 11.8 Å². The number of nitrogens with one attached hydrogen (secondary N) is 3. The van der Waals surface area contributed by atoms with E-state index in [1.165, 1.54) is 6.92 Å². The van der Waals surface area contributed by atoms with Crippen LogP contribution in [0.5, 0.6) is 0 Å². The number of imide groups is 1. The maximum atomic E-state index is 12.6. The van der Waals surface area contributed by atoms with Crippen LogP contribution in [0.25, 0.3) is 0 Å². The Morgan fingerprint density at radius 3 is 1.57 bits per heavy atom. The number of ether oxygens (including phenoxy) is 8. The molecule has 0 aromatic rings. The summed E-state index contributed by atoms with van der Waals surface area (Å²) < 4.78 is 42.8. The first-order chi connectivity index (χ1) is 25.8. The molecule has 306 valence electrons. The van der Waals surface area contributed by atoms with Gasteiger partial charge in [-0.1, -0.05) is 13.8 Å². The largest absolute Gasteiger partial charge is 0.449 e. The molecule has 1 heterocycles. The average Bonchev–Trinajstić information content (AvgIpc) is 3.62. The molecule has 1 aliphatic heterocycles. The Bertz CT molecular complexity index is 1070. The number of carbonyl (C=O) groups is 5. The van der Waals surface area contributed by atoms with Crippen molar-refractivity contribution in [2.75, 3.05) is 106 Å². The fourth-order valence-electron chi connectivity index (χ4n) is 5.36. The monoisotopic (exact) mass is 759 g/mol. The van der Waals surface area contributed by atoms with Gasteiger partial charge < -0.3 is 48.5 Å². The van der Waals surface area contributed by atoms with E-state index in [4.69, 9.17) is 37.9 Å². The third-order valence-electron chi connectivity index (χ3n) is 8.04. The molecule has 1 saturated carbocycles. The summed E-state index contributed by atoms with van der Waals surface area (Å²) in [6, 6.07) is -1.00. The Labute approximate surface area is 316 Å². The number of ketones is 1. The van der Waals surface area contributed by atoms with Gasteiger partial charge in [-0.25, -0.2) is 4.79 Å². The van der Waals surface area contributed by atoms with E-state index in [2.05, 4.69) is 27.8 Å². The highest BCUT2D eigenvalue weighted by molar-refractivity contribution is 6.01. The van der Waals surface area contributed by atoms with E-state index in [-0.39, 0.29) is 38.6 Å². The number of alkyl carbamates (subject to hydrolysis) is 1. The highest BCUT2D eigenvalue weighted by atomic mass is 16.6. The molecule has 0 spiro atoms. The van der Waals surface area contributed by atoms with E-state index >= 15 is 0 Å². The second-order valence-electron chi connectivity index (χ2n) is 12.1. The summed E-state index contributed by atoms with van der Waals surface area (Å²) in [5.74, 6) is 6.81. The number of hydrogen-bond donors (Lipinski definition) is 3. The van der Waals surface area contributed by atoms with E-state index in [1.807, 2.05) is 13.8 Å². The van der Waals surface area contributed by atoms with Crippen LogP contribution >= 0.6 is 0 Å². The van der Waals surface area contributed by atoms with Gasteiger partial charge in [0.2, 0.25) is 17.7 Å². The van der Waals surface area contributed by atoms with Crippen LogP contribution in [0.15, 0.2) is 0 Å². The molecule has 2 fully saturated rings. The third kappa shape index (κ3) is 25.5. The van der Waals surface area contributed by atoms with Crippen molar-refractivity contribution in [3.8, 4) is 11.8 Å². The predicted molar refractivity (Wildman–Crippen MR) is 196 cm³/mol. The number of rotatable bonds is 27. The molecule has 1 saturated heterocycles. The van der Waals surface area contributed by atoms with Gasteiger partial charge in [0.05, 0.1) is 92.5 Å². The van der Waals surface area contributed by atoms with Crippen molar-refractivity contribution in [3.63, 3.8) is 0 Å². The van der Waals surface area contributed by atoms with Gasteiger partial charge in [0, 0.05) is 47.2 Å². The first-order valence-corrected chi connectivity index (χ1v) is 18.8. The van der Waals surface area contributed by atoms with Gasteiger partial charge in [0.1, 0.15) is 11.8 Å². The molecular formula is C37H65N3O13. The van der Waals surface area contributed by atoms with Crippen molar-refractivity contribution < 1.29 is 63.3 Å². The molecule has 16 heteroatoms. The van der Waals surface area contributed by atoms with E-state index in [0.29, 0.717) is 116 Å². The Morgan fingerprint density at radius 2 is 1.17 bits per heavy atom. The molecule has 3 aliphatic rings. The van der Waals surface area contributed by atoms with Crippen molar-refractivity contribution in [1.29, 1.82) is 0 Å². The fraction of sp³-hybridized carbons (Fsp3) is 0.811. The normalized spacial score (nSPS) is 18.9. The van der Waals surface area contributed by atoms with Crippen LogP contribution in [0.1, 0.15) is 67.1 Å². The molecular weight excluding hydrogens is 694 g/mol. The molecule has 0 bridgehead atoms. The zero-order valence-corrected chi connectivity index (χ0v) is 32.2. The van der Waals surface area contributed by atoms with Crippen molar-refractivity contribution in [2.45, 2.75) is 71.8 Å². The molecule has 0 aromatic carbocycles. The summed E-state index contributed by atoms with van der Waals surface area (Å²) in [5.41, 5.74) is 0. The molecule has 3 rings (SSSR count). The number of methoxy groups -OCH3 is 1. The lowest BCUT2D eigenvalue weighted by molar-refractivity contribution is -0.126. The van der Waals surface area contributed by atoms with Crippen LogP contribution in [0.4, 0.5) is 4.79 Å². The van der Waals surface area contributed by atoms with Crippen LogP contribution in [0, 0.1) is 29.6 Å². The summed E-state index contributed by atoms with van der Waals surface area (Å²) in [6.07, 6.45) is 3.79. The molecule has 0 radical (unpaired) electrons. The number of carbonyl (C=O) groups excluding carboxylic acids is 5. The second-order valence-corrected chi connectivity index (χ2v) is 12.1. The van der Waals surface area contributed by atoms with Crippen LogP contribution in [-0.2, 0) is 57.1 Å². The molecule has 4 atom stereocenters. The minimum Gasteiger partial charge on any atom is -0.449 e. The van der Waals surface area contributed by atoms with Gasteiger partial charge in [-0.3, -0.25) is 24.5 Å². The lowest BCUT2D eigenvalue weighted by Crippen LogP contribution is -2.48. The van der Waals surface area contributed by atoms with Crippen LogP contribution in [-0.4, -0.2) is 142 Å². The summed E-state index contributed by atoms with van der Waals surface area (Å²) in [5, 5.41) is 7.37. The first kappa shape index (κ1) is 47.9. The number of hydrogen-bond acceptors (Lipinski definition) is 13. The Balaban J connectivity index is 0.00000247. The lowest BCUT2D eigenvalue weighted by Gasteiger charge is -2.17. The quantitative estimate of drug-likeness (QED) is 0.0627. The minimum atomic E-state index is -1.00. The maximum absolute atomic E-state index is 12.6. The van der Waals surface area contributed by atoms with Crippen molar-refractivity contribution in [1.82, 2.24) is 16.0 Å². The predicted octanol–water partition coefficient (Wildman–Crippen LogP) is 2.06. The highest BCUT2D eigenvalue weighted by Gasteiger charge is 2.49. The zero-order chi connectivity index (χ0) is 38.9. The van der Waals surface area contributed by atoms with Crippen LogP contribution in [0.2, 0.25) is 0 Å². The van der Waals surface area contributed by atoms with E-state index in [1.54, 1.807) is 7.11 Å². The summed E-state index contributed by atoms with van der Waals surface area (Å²) in [7, 11) is 1.63. The van der Waals surface area contributed by atoms with Gasteiger partial charge in [-0.2, -0.15) is 0 Å². The van der Waals surface area contributed by atoms with Gasteiger partial charge in [-0.05, 0) is 37.5 Å². The Morgan fingerprint density at radius 1 is 0.736 bits per heavy atom. The summed E-state index contributed by atoms with van der Waals surface area (Å²) in [6.45, 7) is 11.9. The Kier molecular flexibility index (Phi) is 29.1. The van der Waals surface area contributed by atoms with E-state index < -0.39 is 18.0 Å². The zero-order valence-electron chi connectivity index (χ0n) is 32.2. The molecule has 4 amide bonds. The maximum Gasteiger partial charge on any atom is 0.407 e. The van der Waals surface area contributed by atoms with E-state index in [9.17, 15) is 24.0 Å². The fourth-order valence-corrected chi connectivity index (χ4v) is 5.36. The second kappa shape index (κ2) is 32.3. The molecule has 53 heavy (non-hydrogen) atoms. The number of fused-ring (bicyclic) bond motifs is 1. The standard InChI is InChI=1S/C31H52N2O11.C4H5NO2.C2H6.H2/c1-25(34)23-29(33-31(36)44-24-28-26-7-5-3-4-6-8-27(26)28)30(35)32-9-10-38-13-14-40-17-18-42-21-22-43-20-19-41-16-15-39-12-11-37-2;6-3-1-2-4(7)5-3;1-2;/h26-29H,5-24H2,1-2H3,(H,32,35)(H,33,36);1-2H2,(H,5,6,7);1-2H3;1H/t26-,27+,28?,29-;;;/m0.../s1. The average molecular weight is 760 g/mol. The topological polar surface area (TPSA) is 195 Å². The third-order valence-corrected chi connectivity index (χ3v) is 8.04. The summed E-state index contributed by atoms with van der Waals surface area (Å²) in [4.78, 5) is 56.9. The van der Waals surface area contributed by atoms with Crippen molar-refractivity contribution in [3.05, 3.63) is 0 Å². The van der Waals surface area contributed by atoms with Crippen molar-refractivity contribution >= 4 is 29.6 Å². The highest BCUT2D eigenvalue weighted by Crippen LogP contribution is 2.52. The van der Waals surface area contributed by atoms with E-state index in [0.717, 1.165) is 25.7 Å². The van der Waals surface area contributed by atoms with Gasteiger partial charge in [0.25, 0.3) is 0 Å².